The van der Waals surface area contributed by atoms with Crippen LogP contribution in [0.15, 0.2) is 24.3 Å². The van der Waals surface area contributed by atoms with Crippen molar-refractivity contribution in [2.45, 2.75) is 31.7 Å². The maximum atomic E-state index is 13.1. The Labute approximate surface area is 107 Å². The van der Waals surface area contributed by atoms with Gasteiger partial charge in [0.2, 0.25) is 5.91 Å². The Balaban J connectivity index is 1.87. The highest BCUT2D eigenvalue weighted by Crippen LogP contribution is 2.31. The Morgan fingerprint density at radius 3 is 2.89 bits per heavy atom. The predicted octanol–water partition coefficient (Wildman–Crippen LogP) is 1.78. The molecule has 3 nitrogen and oxygen atoms in total. The lowest BCUT2D eigenvalue weighted by molar-refractivity contribution is -0.122. The van der Waals surface area contributed by atoms with E-state index in [1.165, 1.54) is 12.1 Å². The molecule has 2 atom stereocenters. The zero-order chi connectivity index (χ0) is 13.1. The van der Waals surface area contributed by atoms with Gasteiger partial charge in [0.25, 0.3) is 0 Å². The van der Waals surface area contributed by atoms with Crippen molar-refractivity contribution in [3.63, 3.8) is 0 Å². The van der Waals surface area contributed by atoms with Crippen LogP contribution in [0.3, 0.4) is 0 Å². The average Bonchev–Trinajstić information content (AvgIpc) is 3.18. The number of rotatable bonds is 5. The highest BCUT2D eigenvalue weighted by molar-refractivity contribution is 5.83. The van der Waals surface area contributed by atoms with Crippen LogP contribution in [0.2, 0.25) is 0 Å². The molecule has 18 heavy (non-hydrogen) atoms. The van der Waals surface area contributed by atoms with Crippen LogP contribution in [0, 0.1) is 11.7 Å². The molecule has 1 amide bonds. The summed E-state index contributed by atoms with van der Waals surface area (Å²) in [6.45, 7) is 2.27. The van der Waals surface area contributed by atoms with Gasteiger partial charge in [-0.1, -0.05) is 12.1 Å². The second-order valence-electron chi connectivity index (χ2n) is 5.02. The van der Waals surface area contributed by atoms with Gasteiger partial charge in [-0.2, -0.15) is 0 Å². The third kappa shape index (κ3) is 3.29. The molecule has 1 aliphatic rings. The molecule has 4 heteroatoms. The smallest absolute Gasteiger partial charge is 0.227 e. The molecule has 0 aliphatic heterocycles. The van der Waals surface area contributed by atoms with Crippen LogP contribution in [-0.2, 0) is 4.79 Å². The first kappa shape index (κ1) is 13.0. The minimum Gasteiger partial charge on any atom is -0.354 e. The highest BCUT2D eigenvalue weighted by atomic mass is 19.1. The number of hydrogen-bond acceptors (Lipinski definition) is 2. The van der Waals surface area contributed by atoms with Crippen molar-refractivity contribution in [1.29, 1.82) is 0 Å². The molecule has 3 N–H and O–H groups in total. The molecule has 1 fully saturated rings. The van der Waals surface area contributed by atoms with E-state index in [9.17, 15) is 9.18 Å². The first-order valence-electron chi connectivity index (χ1n) is 6.36. The maximum absolute atomic E-state index is 13.1. The second-order valence-corrected chi connectivity index (χ2v) is 5.02. The highest BCUT2D eigenvalue weighted by Gasteiger charge is 2.28. The van der Waals surface area contributed by atoms with E-state index in [-0.39, 0.29) is 23.7 Å². The van der Waals surface area contributed by atoms with E-state index in [4.69, 9.17) is 5.73 Å². The molecular formula is C14H19FN2O. The summed E-state index contributed by atoms with van der Waals surface area (Å²) in [5.41, 5.74) is 6.60. The third-order valence-electron chi connectivity index (χ3n) is 3.48. The summed E-state index contributed by atoms with van der Waals surface area (Å²) >= 11 is 0. The van der Waals surface area contributed by atoms with Gasteiger partial charge >= 0.3 is 0 Å². The summed E-state index contributed by atoms with van der Waals surface area (Å²) in [6.07, 6.45) is 2.33. The summed E-state index contributed by atoms with van der Waals surface area (Å²) in [5.74, 6) is -0.208. The van der Waals surface area contributed by atoms with Crippen LogP contribution < -0.4 is 11.1 Å². The van der Waals surface area contributed by atoms with E-state index in [2.05, 4.69) is 5.32 Å². The lowest BCUT2D eigenvalue weighted by atomic mass is 10.00. The van der Waals surface area contributed by atoms with Crippen molar-refractivity contribution in [3.8, 4) is 0 Å². The van der Waals surface area contributed by atoms with Gasteiger partial charge in [0.15, 0.2) is 0 Å². The molecule has 0 spiro atoms. The van der Waals surface area contributed by atoms with Crippen LogP contribution in [0.1, 0.15) is 31.2 Å². The molecule has 1 saturated carbocycles. The summed E-state index contributed by atoms with van der Waals surface area (Å²) in [7, 11) is 0. The predicted molar refractivity (Wildman–Crippen MR) is 68.5 cm³/mol. The first-order chi connectivity index (χ1) is 8.58. The lowest BCUT2D eigenvalue weighted by Crippen LogP contribution is -2.40. The number of halogens is 1. The van der Waals surface area contributed by atoms with Gasteiger partial charge in [-0.25, -0.2) is 4.39 Å². The SMILES string of the molecule is CC(C(=O)NCC(N)C1CC1)c1cccc(F)c1. The number of nitrogens with two attached hydrogens (primary N) is 1. The average molecular weight is 250 g/mol. The Kier molecular flexibility index (Phi) is 3.97. The van der Waals surface area contributed by atoms with Gasteiger partial charge in [0, 0.05) is 12.6 Å². The fourth-order valence-electron chi connectivity index (χ4n) is 1.99. The summed E-state index contributed by atoms with van der Waals surface area (Å²) in [4.78, 5) is 11.9. The fourth-order valence-corrected chi connectivity index (χ4v) is 1.99. The first-order valence-corrected chi connectivity index (χ1v) is 6.36. The van der Waals surface area contributed by atoms with E-state index < -0.39 is 0 Å². The third-order valence-corrected chi connectivity index (χ3v) is 3.48. The van der Waals surface area contributed by atoms with Crippen molar-refractivity contribution in [3.05, 3.63) is 35.6 Å². The summed E-state index contributed by atoms with van der Waals surface area (Å²) in [6, 6.07) is 6.19. The van der Waals surface area contributed by atoms with Crippen LogP contribution >= 0.6 is 0 Å². The van der Waals surface area contributed by atoms with Gasteiger partial charge in [-0.05, 0) is 43.4 Å². The van der Waals surface area contributed by atoms with Gasteiger partial charge in [-0.3, -0.25) is 4.79 Å². The topological polar surface area (TPSA) is 55.1 Å². The van der Waals surface area contributed by atoms with E-state index in [0.717, 1.165) is 12.8 Å². The number of amides is 1. The number of carbonyl (C=O) groups is 1. The lowest BCUT2D eigenvalue weighted by Gasteiger charge is -2.15. The van der Waals surface area contributed by atoms with Crippen LogP contribution in [-0.4, -0.2) is 18.5 Å². The van der Waals surface area contributed by atoms with Crippen LogP contribution in [0.25, 0.3) is 0 Å². The molecule has 1 aliphatic carbocycles. The largest absolute Gasteiger partial charge is 0.354 e. The van der Waals surface area contributed by atoms with Crippen LogP contribution in [0.5, 0.6) is 0 Å². The standard InChI is InChI=1S/C14H19FN2O/c1-9(11-3-2-4-12(15)7-11)14(18)17-8-13(16)10-5-6-10/h2-4,7,9-10,13H,5-6,8,16H2,1H3,(H,17,18). The number of hydrogen-bond donors (Lipinski definition) is 2. The van der Waals surface area contributed by atoms with Crippen molar-refractivity contribution >= 4 is 5.91 Å². The Morgan fingerprint density at radius 1 is 1.56 bits per heavy atom. The maximum Gasteiger partial charge on any atom is 0.227 e. The molecule has 1 aromatic rings. The van der Waals surface area contributed by atoms with Gasteiger partial charge in [0.05, 0.1) is 5.92 Å². The monoisotopic (exact) mass is 250 g/mol. The Morgan fingerprint density at radius 2 is 2.28 bits per heavy atom. The number of nitrogens with one attached hydrogen (secondary N) is 1. The van der Waals surface area contributed by atoms with Crippen molar-refractivity contribution < 1.29 is 9.18 Å². The van der Waals surface area contributed by atoms with Crippen molar-refractivity contribution in [1.82, 2.24) is 5.32 Å². The van der Waals surface area contributed by atoms with Gasteiger partial charge in [0.1, 0.15) is 5.82 Å². The normalized spacial score (nSPS) is 18.2. The van der Waals surface area contributed by atoms with E-state index in [0.29, 0.717) is 18.0 Å². The van der Waals surface area contributed by atoms with Crippen molar-refractivity contribution in [2.24, 2.45) is 11.7 Å². The molecular weight excluding hydrogens is 231 g/mol. The minimum atomic E-state index is -0.355. The zero-order valence-corrected chi connectivity index (χ0v) is 10.5. The molecule has 0 radical (unpaired) electrons. The molecule has 98 valence electrons. The van der Waals surface area contributed by atoms with Gasteiger partial charge < -0.3 is 11.1 Å². The zero-order valence-electron chi connectivity index (χ0n) is 10.5. The molecule has 2 unspecified atom stereocenters. The minimum absolute atomic E-state index is 0.0497. The van der Waals surface area contributed by atoms with E-state index in [1.54, 1.807) is 19.1 Å². The summed E-state index contributed by atoms with van der Waals surface area (Å²) in [5, 5.41) is 2.84. The van der Waals surface area contributed by atoms with E-state index in [1.807, 2.05) is 0 Å². The number of benzene rings is 1. The Bertz CT molecular complexity index is 432. The second kappa shape index (κ2) is 5.48. The fraction of sp³-hybridized carbons (Fsp3) is 0.500. The molecule has 0 heterocycles. The molecule has 0 aromatic heterocycles. The van der Waals surface area contributed by atoms with E-state index >= 15 is 0 Å². The summed E-state index contributed by atoms with van der Waals surface area (Å²) < 4.78 is 13.1. The van der Waals surface area contributed by atoms with Gasteiger partial charge in [-0.15, -0.1) is 0 Å². The molecule has 0 bridgehead atoms. The van der Waals surface area contributed by atoms with Crippen LogP contribution in [0.4, 0.5) is 4.39 Å². The Hall–Kier alpha value is -1.42. The number of carbonyl (C=O) groups excluding carboxylic acids is 1. The molecule has 1 aromatic carbocycles. The molecule has 2 rings (SSSR count). The quantitative estimate of drug-likeness (QED) is 0.837. The van der Waals surface area contributed by atoms with Crippen molar-refractivity contribution in [2.75, 3.05) is 6.54 Å². The molecule has 0 saturated heterocycles.